The van der Waals surface area contributed by atoms with Gasteiger partial charge in [0.1, 0.15) is 5.60 Å². The molecule has 4 atom stereocenters. The zero-order valence-corrected chi connectivity index (χ0v) is 18.4. The third-order valence-electron chi connectivity index (χ3n) is 6.23. The Morgan fingerprint density at radius 1 is 1.10 bits per heavy atom. The van der Waals surface area contributed by atoms with Crippen molar-refractivity contribution in [3.63, 3.8) is 0 Å². The molecule has 7 nitrogen and oxygen atoms in total. The molecule has 0 bridgehead atoms. The standard InChI is InChI=1S/C23H30O7/c1-8-9-15-12-22(28-6)14(2)20(30-23(22,29-7)13-17(15)24)16-10-18(25-3)21(27-5)19(11-16)26-4/h8,10-12,14,20H,1,9,13H2,2-7H3/t14-,20+,22+,23-/m1/s1. The molecular weight excluding hydrogens is 388 g/mol. The van der Waals surface area contributed by atoms with Crippen LogP contribution in [0.3, 0.4) is 0 Å². The summed E-state index contributed by atoms with van der Waals surface area (Å²) < 4.78 is 34.8. The number of ketones is 1. The van der Waals surface area contributed by atoms with Crippen LogP contribution in [-0.4, -0.2) is 52.7 Å². The fourth-order valence-corrected chi connectivity index (χ4v) is 4.69. The van der Waals surface area contributed by atoms with E-state index in [4.69, 9.17) is 28.4 Å². The van der Waals surface area contributed by atoms with Crippen molar-refractivity contribution >= 4 is 5.78 Å². The molecule has 3 rings (SSSR count). The number of hydrogen-bond donors (Lipinski definition) is 0. The van der Waals surface area contributed by atoms with Gasteiger partial charge in [0.15, 0.2) is 17.3 Å². The number of carbonyl (C=O) groups is 1. The highest BCUT2D eigenvalue weighted by Gasteiger charge is 2.67. The summed E-state index contributed by atoms with van der Waals surface area (Å²) >= 11 is 0. The highest BCUT2D eigenvalue weighted by atomic mass is 16.7. The van der Waals surface area contributed by atoms with Crippen molar-refractivity contribution in [2.75, 3.05) is 35.5 Å². The van der Waals surface area contributed by atoms with Crippen molar-refractivity contribution in [2.45, 2.75) is 37.3 Å². The second kappa shape index (κ2) is 8.41. The van der Waals surface area contributed by atoms with Gasteiger partial charge in [-0.2, -0.15) is 0 Å². The predicted octanol–water partition coefficient (Wildman–Crippen LogP) is 3.62. The molecule has 1 aromatic carbocycles. The minimum Gasteiger partial charge on any atom is -0.493 e. The second-order valence-corrected chi connectivity index (χ2v) is 7.50. The van der Waals surface area contributed by atoms with E-state index < -0.39 is 17.5 Å². The summed E-state index contributed by atoms with van der Waals surface area (Å²) in [7, 11) is 7.84. The summed E-state index contributed by atoms with van der Waals surface area (Å²) in [4.78, 5) is 12.8. The van der Waals surface area contributed by atoms with Crippen LogP contribution in [0.2, 0.25) is 0 Å². The summed E-state index contributed by atoms with van der Waals surface area (Å²) in [5.74, 6) is 0.0794. The number of fused-ring (bicyclic) bond motifs is 1. The maximum atomic E-state index is 12.8. The Balaban J connectivity index is 2.15. The summed E-state index contributed by atoms with van der Waals surface area (Å²) in [6, 6.07) is 3.70. The van der Waals surface area contributed by atoms with E-state index in [0.717, 1.165) is 5.56 Å². The molecule has 1 fully saturated rings. The average molecular weight is 418 g/mol. The maximum absolute atomic E-state index is 12.8. The van der Waals surface area contributed by atoms with E-state index in [1.165, 1.54) is 7.11 Å². The molecule has 1 aromatic rings. The highest BCUT2D eigenvalue weighted by molar-refractivity contribution is 5.98. The number of benzene rings is 1. The van der Waals surface area contributed by atoms with Gasteiger partial charge in [-0.1, -0.05) is 13.0 Å². The lowest BCUT2D eigenvalue weighted by atomic mass is 9.72. The maximum Gasteiger partial charge on any atom is 0.209 e. The van der Waals surface area contributed by atoms with Crippen LogP contribution in [0.1, 0.15) is 31.4 Å². The highest BCUT2D eigenvalue weighted by Crippen LogP contribution is 2.58. The second-order valence-electron chi connectivity index (χ2n) is 7.50. The van der Waals surface area contributed by atoms with Crippen LogP contribution in [0.4, 0.5) is 0 Å². The molecule has 0 aromatic heterocycles. The molecule has 0 spiro atoms. The van der Waals surface area contributed by atoms with Crippen LogP contribution >= 0.6 is 0 Å². The lowest BCUT2D eigenvalue weighted by Crippen LogP contribution is -2.58. The first kappa shape index (κ1) is 22.3. The predicted molar refractivity (Wildman–Crippen MR) is 111 cm³/mol. The zero-order chi connectivity index (χ0) is 22.1. The van der Waals surface area contributed by atoms with E-state index in [1.807, 2.05) is 25.1 Å². The molecule has 2 aliphatic rings. The molecule has 1 aliphatic heterocycles. The van der Waals surface area contributed by atoms with Gasteiger partial charge in [0.2, 0.25) is 11.5 Å². The molecule has 0 N–H and O–H groups in total. The Morgan fingerprint density at radius 2 is 1.73 bits per heavy atom. The lowest BCUT2D eigenvalue weighted by molar-refractivity contribution is -0.274. The van der Waals surface area contributed by atoms with E-state index in [-0.39, 0.29) is 18.1 Å². The SMILES string of the molecule is C=CCC1=C[C@]2(OC)[C@H](C)[C@@H](c3cc(OC)c(OC)c(OC)c3)O[C@]2(OC)CC1=O. The number of rotatable bonds is 8. The number of carbonyl (C=O) groups excluding carboxylic acids is 1. The van der Waals surface area contributed by atoms with Crippen LogP contribution < -0.4 is 14.2 Å². The monoisotopic (exact) mass is 418 g/mol. The van der Waals surface area contributed by atoms with Gasteiger partial charge in [0.25, 0.3) is 0 Å². The number of methoxy groups -OCH3 is 5. The third kappa shape index (κ3) is 3.12. The van der Waals surface area contributed by atoms with Gasteiger partial charge in [-0.05, 0) is 35.8 Å². The van der Waals surface area contributed by atoms with Gasteiger partial charge < -0.3 is 28.4 Å². The molecule has 164 valence electrons. The van der Waals surface area contributed by atoms with Crippen LogP contribution in [0.25, 0.3) is 0 Å². The van der Waals surface area contributed by atoms with Crippen molar-refractivity contribution in [1.29, 1.82) is 0 Å². The van der Waals surface area contributed by atoms with Crippen molar-refractivity contribution < 1.29 is 33.2 Å². The quantitative estimate of drug-likeness (QED) is 0.597. The fourth-order valence-electron chi connectivity index (χ4n) is 4.69. The molecule has 0 amide bonds. The zero-order valence-electron chi connectivity index (χ0n) is 18.4. The van der Waals surface area contributed by atoms with Crippen molar-refractivity contribution in [2.24, 2.45) is 5.92 Å². The molecule has 1 saturated heterocycles. The first-order valence-corrected chi connectivity index (χ1v) is 9.80. The summed E-state index contributed by atoms with van der Waals surface area (Å²) in [5.41, 5.74) is 0.518. The molecule has 1 heterocycles. The van der Waals surface area contributed by atoms with Crippen molar-refractivity contribution in [3.8, 4) is 17.2 Å². The van der Waals surface area contributed by atoms with Crippen LogP contribution in [0.15, 0.2) is 36.4 Å². The van der Waals surface area contributed by atoms with Crippen LogP contribution in [-0.2, 0) is 19.0 Å². The van der Waals surface area contributed by atoms with E-state index in [1.54, 1.807) is 34.5 Å². The molecule has 1 aliphatic carbocycles. The Labute approximate surface area is 177 Å². The van der Waals surface area contributed by atoms with E-state index >= 15 is 0 Å². The number of ether oxygens (including phenoxy) is 6. The Morgan fingerprint density at radius 3 is 2.20 bits per heavy atom. The number of Topliss-reactive ketones (excluding diaryl/α,β-unsaturated/α-hetero) is 1. The van der Waals surface area contributed by atoms with Crippen LogP contribution in [0.5, 0.6) is 17.2 Å². The molecule has 0 radical (unpaired) electrons. The van der Waals surface area contributed by atoms with E-state index in [2.05, 4.69) is 6.58 Å². The van der Waals surface area contributed by atoms with Gasteiger partial charge in [-0.25, -0.2) is 0 Å². The largest absolute Gasteiger partial charge is 0.493 e. The van der Waals surface area contributed by atoms with Crippen molar-refractivity contribution in [3.05, 3.63) is 42.0 Å². The van der Waals surface area contributed by atoms with Crippen LogP contribution in [0, 0.1) is 5.92 Å². The van der Waals surface area contributed by atoms with Gasteiger partial charge in [0, 0.05) is 20.1 Å². The minimum absolute atomic E-state index is 0.0397. The summed E-state index contributed by atoms with van der Waals surface area (Å²) in [6.07, 6.45) is 3.65. The topological polar surface area (TPSA) is 72.5 Å². The molecular formula is C23H30O7. The van der Waals surface area contributed by atoms with Gasteiger partial charge in [-0.15, -0.1) is 6.58 Å². The molecule has 0 saturated carbocycles. The molecule has 30 heavy (non-hydrogen) atoms. The lowest BCUT2D eigenvalue weighted by Gasteiger charge is -2.44. The smallest absolute Gasteiger partial charge is 0.209 e. The van der Waals surface area contributed by atoms with E-state index in [9.17, 15) is 4.79 Å². The summed E-state index contributed by atoms with van der Waals surface area (Å²) in [5, 5.41) is 0. The molecule has 7 heteroatoms. The normalized spacial score (nSPS) is 30.5. The number of hydrogen-bond acceptors (Lipinski definition) is 7. The Bertz CT molecular complexity index is 836. The summed E-state index contributed by atoms with van der Waals surface area (Å²) in [6.45, 7) is 5.78. The Hall–Kier alpha value is -2.35. The fraction of sp³-hybridized carbons (Fsp3) is 0.522. The number of allylic oxidation sites excluding steroid dienone is 2. The minimum atomic E-state index is -1.24. The van der Waals surface area contributed by atoms with Crippen molar-refractivity contribution in [1.82, 2.24) is 0 Å². The first-order chi connectivity index (χ1) is 14.4. The van der Waals surface area contributed by atoms with E-state index in [0.29, 0.717) is 29.2 Å². The third-order valence-corrected chi connectivity index (χ3v) is 6.23. The van der Waals surface area contributed by atoms with Gasteiger partial charge >= 0.3 is 0 Å². The average Bonchev–Trinajstić information content (AvgIpc) is 3.01. The molecule has 0 unspecified atom stereocenters. The first-order valence-electron chi connectivity index (χ1n) is 9.80. The Kier molecular flexibility index (Phi) is 6.26. The van der Waals surface area contributed by atoms with Gasteiger partial charge in [0.05, 0.1) is 33.9 Å². The van der Waals surface area contributed by atoms with Gasteiger partial charge in [-0.3, -0.25) is 4.79 Å².